The molecule has 0 aliphatic carbocycles. The van der Waals surface area contributed by atoms with E-state index in [1.807, 2.05) is 0 Å². The number of hydrogen-bond donors (Lipinski definition) is 0. The molecule has 72 valence electrons. The predicted octanol–water partition coefficient (Wildman–Crippen LogP) is 0.748. The van der Waals surface area contributed by atoms with Gasteiger partial charge in [0.1, 0.15) is 0 Å². The van der Waals surface area contributed by atoms with Crippen LogP contribution in [0.15, 0.2) is 16.9 Å². The summed E-state index contributed by atoms with van der Waals surface area (Å²) < 4.78 is 37.9. The summed E-state index contributed by atoms with van der Waals surface area (Å²) in [4.78, 5) is 10.9. The number of aromatic nitrogens is 1. The zero-order valence-corrected chi connectivity index (χ0v) is 7.22. The van der Waals surface area contributed by atoms with E-state index in [-0.39, 0.29) is 5.69 Å². The highest BCUT2D eigenvalue weighted by Crippen LogP contribution is 2.09. The number of hydrogen-bond acceptors (Lipinski definition) is 1. The maximum absolute atomic E-state index is 12.3. The van der Waals surface area contributed by atoms with Crippen LogP contribution >= 0.6 is 0 Å². The summed E-state index contributed by atoms with van der Waals surface area (Å²) in [5, 5.41) is 0. The lowest BCUT2D eigenvalue weighted by Gasteiger charge is -2.19. The minimum Gasteiger partial charge on any atom is -0.445 e. The molecule has 0 aromatic carbocycles. The maximum atomic E-state index is 12.3. The summed E-state index contributed by atoms with van der Waals surface area (Å²) in [5.41, 5.74) is -1.18. The van der Waals surface area contributed by atoms with Crippen LogP contribution in [0.5, 0.6) is 0 Å². The zero-order chi connectivity index (χ0) is 10.2. The van der Waals surface area contributed by atoms with Gasteiger partial charge in [0.2, 0.25) is 5.56 Å². The lowest BCUT2D eigenvalue weighted by molar-refractivity contribution is 0.499. The molecule has 0 saturated heterocycles. The van der Waals surface area contributed by atoms with Crippen LogP contribution in [0.25, 0.3) is 0 Å². The van der Waals surface area contributed by atoms with E-state index in [4.69, 9.17) is 0 Å². The summed E-state index contributed by atoms with van der Waals surface area (Å²) >= 11 is 0. The van der Waals surface area contributed by atoms with Crippen LogP contribution < -0.4 is 11.0 Å². The molecule has 2 nitrogen and oxygen atoms in total. The van der Waals surface area contributed by atoms with Crippen LogP contribution in [0.4, 0.5) is 12.9 Å². The van der Waals surface area contributed by atoms with E-state index >= 15 is 0 Å². The lowest BCUT2D eigenvalue weighted by atomic mass is 9.79. The number of nitrogens with zero attached hydrogens (tertiary/aromatic N) is 1. The van der Waals surface area contributed by atoms with Crippen molar-refractivity contribution in [3.05, 3.63) is 28.2 Å². The standard InChI is InChI=1S/C7H8BF3NO/c1-5-6(8(9,10)11)3-4-7(13)12(5)2/h3-4H,1-2H3/q-1. The summed E-state index contributed by atoms with van der Waals surface area (Å²) in [6.07, 6.45) is 0. The molecule has 1 aromatic rings. The van der Waals surface area contributed by atoms with E-state index in [2.05, 4.69) is 0 Å². The first kappa shape index (κ1) is 9.89. The first-order valence-electron chi connectivity index (χ1n) is 3.70. The molecule has 6 heteroatoms. The van der Waals surface area contributed by atoms with E-state index in [0.717, 1.165) is 16.7 Å². The van der Waals surface area contributed by atoms with Gasteiger partial charge < -0.3 is 17.5 Å². The van der Waals surface area contributed by atoms with Crippen molar-refractivity contribution in [2.75, 3.05) is 0 Å². The van der Waals surface area contributed by atoms with Gasteiger partial charge in [0.15, 0.2) is 0 Å². The van der Waals surface area contributed by atoms with Gasteiger partial charge in [-0.1, -0.05) is 11.5 Å². The average molecular weight is 190 g/mol. The second-order valence-corrected chi connectivity index (χ2v) is 2.85. The smallest absolute Gasteiger partial charge is 0.445 e. The first-order valence-corrected chi connectivity index (χ1v) is 3.70. The second-order valence-electron chi connectivity index (χ2n) is 2.85. The number of rotatable bonds is 1. The van der Waals surface area contributed by atoms with Gasteiger partial charge >= 0.3 is 6.98 Å². The van der Waals surface area contributed by atoms with Gasteiger partial charge in [-0.3, -0.25) is 4.79 Å². The molecule has 0 fully saturated rings. The normalized spacial score (nSPS) is 11.8. The van der Waals surface area contributed by atoms with Crippen molar-refractivity contribution in [2.24, 2.45) is 7.05 Å². The van der Waals surface area contributed by atoms with Crippen molar-refractivity contribution in [3.8, 4) is 0 Å². The Morgan fingerprint density at radius 3 is 2.31 bits per heavy atom. The highest BCUT2D eigenvalue weighted by Gasteiger charge is 2.28. The second kappa shape index (κ2) is 2.94. The first-order chi connectivity index (χ1) is 5.84. The van der Waals surface area contributed by atoms with Crippen molar-refractivity contribution >= 4 is 12.4 Å². The van der Waals surface area contributed by atoms with E-state index in [1.54, 1.807) is 0 Å². The highest BCUT2D eigenvalue weighted by atomic mass is 19.4. The molecule has 0 saturated carbocycles. The van der Waals surface area contributed by atoms with Crippen LogP contribution in [-0.2, 0) is 7.05 Å². The monoisotopic (exact) mass is 190 g/mol. The quantitative estimate of drug-likeness (QED) is 0.598. The summed E-state index contributed by atoms with van der Waals surface area (Å²) in [6, 6.07) is 1.76. The van der Waals surface area contributed by atoms with E-state index < -0.39 is 18.0 Å². The Morgan fingerprint density at radius 2 is 1.85 bits per heavy atom. The predicted molar refractivity (Wildman–Crippen MR) is 45.1 cm³/mol. The summed E-state index contributed by atoms with van der Waals surface area (Å²) in [7, 11) is 1.32. The number of halogens is 3. The van der Waals surface area contributed by atoms with Gasteiger partial charge in [-0.05, 0) is 12.6 Å². The lowest BCUT2D eigenvalue weighted by Crippen LogP contribution is -2.40. The van der Waals surface area contributed by atoms with Gasteiger partial charge in [-0.2, -0.15) is 0 Å². The molecule has 0 radical (unpaired) electrons. The molecule has 13 heavy (non-hydrogen) atoms. The van der Waals surface area contributed by atoms with E-state index in [0.29, 0.717) is 0 Å². The third-order valence-corrected chi connectivity index (χ3v) is 2.01. The molecule has 0 N–H and O–H groups in total. The fourth-order valence-corrected chi connectivity index (χ4v) is 1.10. The molecule has 0 atom stereocenters. The van der Waals surface area contributed by atoms with Crippen LogP contribution in [0.3, 0.4) is 0 Å². The van der Waals surface area contributed by atoms with E-state index in [9.17, 15) is 17.7 Å². The maximum Gasteiger partial charge on any atom is 0.511 e. The molecule has 1 heterocycles. The Hall–Kier alpha value is -1.20. The molecule has 0 bridgehead atoms. The van der Waals surface area contributed by atoms with Crippen molar-refractivity contribution < 1.29 is 12.9 Å². The van der Waals surface area contributed by atoms with Gasteiger partial charge in [-0.15, -0.1) is 0 Å². The Kier molecular flexibility index (Phi) is 2.23. The molecule has 0 aliphatic rings. The minimum absolute atomic E-state index is 0.0417. The van der Waals surface area contributed by atoms with Crippen LogP contribution in [0.2, 0.25) is 0 Å². The Morgan fingerprint density at radius 1 is 1.31 bits per heavy atom. The summed E-state index contributed by atoms with van der Waals surface area (Å²) in [6.45, 7) is -3.74. The fraction of sp³-hybridized carbons (Fsp3) is 0.286. The Bertz CT molecular complexity index is 382. The molecule has 0 amide bonds. The van der Waals surface area contributed by atoms with Crippen molar-refractivity contribution in [3.63, 3.8) is 0 Å². The molecular weight excluding hydrogens is 182 g/mol. The topological polar surface area (TPSA) is 22.0 Å². The van der Waals surface area contributed by atoms with Gasteiger partial charge in [0.25, 0.3) is 0 Å². The van der Waals surface area contributed by atoms with E-state index in [1.165, 1.54) is 14.0 Å². The summed E-state index contributed by atoms with van der Waals surface area (Å²) in [5.74, 6) is 0. The largest absolute Gasteiger partial charge is 0.511 e. The van der Waals surface area contributed by atoms with Gasteiger partial charge in [0.05, 0.1) is 0 Å². The third-order valence-electron chi connectivity index (χ3n) is 2.01. The van der Waals surface area contributed by atoms with Gasteiger partial charge in [-0.25, -0.2) is 0 Å². The van der Waals surface area contributed by atoms with Crippen molar-refractivity contribution in [2.45, 2.75) is 6.92 Å². The van der Waals surface area contributed by atoms with Crippen LogP contribution in [0, 0.1) is 6.92 Å². The molecule has 0 unspecified atom stereocenters. The fourth-order valence-electron chi connectivity index (χ4n) is 1.10. The van der Waals surface area contributed by atoms with Crippen LogP contribution in [-0.4, -0.2) is 11.5 Å². The molecule has 1 rings (SSSR count). The zero-order valence-electron chi connectivity index (χ0n) is 7.22. The average Bonchev–Trinajstić information content (AvgIpc) is 1.98. The molecule has 1 aromatic heterocycles. The third kappa shape index (κ3) is 1.76. The van der Waals surface area contributed by atoms with Crippen LogP contribution in [0.1, 0.15) is 5.69 Å². The number of pyridine rings is 1. The van der Waals surface area contributed by atoms with Crippen molar-refractivity contribution in [1.82, 2.24) is 4.57 Å². The molecule has 0 spiro atoms. The Labute approximate surface area is 73.1 Å². The molecular formula is C7H8BF3NO-. The minimum atomic E-state index is -5.02. The highest BCUT2D eigenvalue weighted by molar-refractivity contribution is 6.73. The van der Waals surface area contributed by atoms with Gasteiger partial charge in [0, 0.05) is 13.1 Å². The SMILES string of the molecule is Cc1c([B-](F)(F)F)ccc(=O)n1C. The Balaban J connectivity index is 3.44. The van der Waals surface area contributed by atoms with Crippen molar-refractivity contribution in [1.29, 1.82) is 0 Å². The molecule has 0 aliphatic heterocycles.